The summed E-state index contributed by atoms with van der Waals surface area (Å²) in [6, 6.07) is 5.27. The van der Waals surface area contributed by atoms with Crippen molar-refractivity contribution >= 4 is 23.2 Å². The lowest BCUT2D eigenvalue weighted by atomic mass is 9.78. The maximum Gasteiger partial charge on any atom is 0.256 e. The highest BCUT2D eigenvalue weighted by molar-refractivity contribution is 6.32. The summed E-state index contributed by atoms with van der Waals surface area (Å²) in [7, 11) is 1.62. The predicted molar refractivity (Wildman–Crippen MR) is 104 cm³/mol. The molecule has 6 heteroatoms. The summed E-state index contributed by atoms with van der Waals surface area (Å²) >= 11 is 6.27. The van der Waals surface area contributed by atoms with Crippen LogP contribution >= 0.6 is 11.6 Å². The fourth-order valence-corrected chi connectivity index (χ4v) is 3.61. The molecule has 1 amide bonds. The second-order valence-electron chi connectivity index (χ2n) is 6.98. The van der Waals surface area contributed by atoms with Crippen LogP contribution in [0.25, 0.3) is 0 Å². The molecule has 1 saturated carbocycles. The third kappa shape index (κ3) is 5.60. The van der Waals surface area contributed by atoms with E-state index >= 15 is 0 Å². The first-order valence-electron chi connectivity index (χ1n) is 9.37. The van der Waals surface area contributed by atoms with Gasteiger partial charge in [0.1, 0.15) is 18.0 Å². The smallest absolute Gasteiger partial charge is 0.256 e. The number of hydrogen-bond acceptors (Lipinski definition) is 4. The Morgan fingerprint density at radius 2 is 2.15 bits per heavy atom. The van der Waals surface area contributed by atoms with Crippen molar-refractivity contribution in [2.45, 2.75) is 51.6 Å². The van der Waals surface area contributed by atoms with Crippen LogP contribution in [0.4, 0.5) is 5.69 Å². The van der Waals surface area contributed by atoms with Gasteiger partial charge < -0.3 is 19.5 Å². The van der Waals surface area contributed by atoms with Crippen LogP contribution in [0.1, 0.15) is 46.0 Å². The average Bonchev–Trinajstić information content (AvgIpc) is 2.62. The Balaban J connectivity index is 2.07. The molecule has 0 spiro atoms. The minimum Gasteiger partial charge on any atom is -0.490 e. The Kier molecular flexibility index (Phi) is 8.19. The monoisotopic (exact) mass is 383 g/mol. The second kappa shape index (κ2) is 10.1. The molecule has 5 nitrogen and oxygen atoms in total. The van der Waals surface area contributed by atoms with E-state index in [9.17, 15) is 4.79 Å². The lowest BCUT2D eigenvalue weighted by Crippen LogP contribution is -2.48. The number of halogens is 1. The molecule has 1 aromatic carbocycles. The van der Waals surface area contributed by atoms with Gasteiger partial charge >= 0.3 is 0 Å². The summed E-state index contributed by atoms with van der Waals surface area (Å²) in [6.45, 7) is 5.74. The van der Waals surface area contributed by atoms with E-state index in [1.807, 2.05) is 0 Å². The van der Waals surface area contributed by atoms with Crippen molar-refractivity contribution in [3.8, 4) is 5.75 Å². The topological polar surface area (TPSA) is 56.8 Å². The Bertz CT molecular complexity index is 595. The summed E-state index contributed by atoms with van der Waals surface area (Å²) in [5, 5.41) is 3.45. The Morgan fingerprint density at radius 3 is 2.81 bits per heavy atom. The minimum atomic E-state index is -0.742. The first-order valence-corrected chi connectivity index (χ1v) is 9.75. The molecule has 0 bridgehead atoms. The zero-order valence-electron chi connectivity index (χ0n) is 16.0. The standard InChI is InChI=1S/C20H30ClNO4/c1-4-10-26-20(9-5-6-15(2)14-20)19(23)22-16-7-8-18(17(21)13-16)25-12-11-24-3/h7-8,13,15H,4-6,9-12,14H2,1-3H3,(H,22,23)/t15-,20-/m1/s1. The molecule has 1 aliphatic rings. The summed E-state index contributed by atoms with van der Waals surface area (Å²) in [5.41, 5.74) is -0.0925. The molecule has 26 heavy (non-hydrogen) atoms. The molecule has 0 unspecified atom stereocenters. The Morgan fingerprint density at radius 1 is 1.35 bits per heavy atom. The first-order chi connectivity index (χ1) is 12.5. The highest BCUT2D eigenvalue weighted by Gasteiger charge is 2.42. The van der Waals surface area contributed by atoms with E-state index in [2.05, 4.69) is 19.2 Å². The normalized spacial score (nSPS) is 22.8. The summed E-state index contributed by atoms with van der Waals surface area (Å²) in [5.74, 6) is 0.970. The van der Waals surface area contributed by atoms with Crippen molar-refractivity contribution in [2.24, 2.45) is 5.92 Å². The van der Waals surface area contributed by atoms with E-state index in [0.29, 0.717) is 42.2 Å². The van der Waals surface area contributed by atoms with Gasteiger partial charge in [-0.15, -0.1) is 0 Å². The van der Waals surface area contributed by atoms with Gasteiger partial charge in [-0.05, 0) is 49.8 Å². The maximum atomic E-state index is 13.0. The number of rotatable bonds is 9. The summed E-state index contributed by atoms with van der Waals surface area (Å²) in [4.78, 5) is 13.0. The number of anilines is 1. The van der Waals surface area contributed by atoms with E-state index < -0.39 is 5.60 Å². The molecular weight excluding hydrogens is 354 g/mol. The van der Waals surface area contributed by atoms with Gasteiger partial charge in [-0.25, -0.2) is 0 Å². The highest BCUT2D eigenvalue weighted by Crippen LogP contribution is 2.37. The third-order valence-electron chi connectivity index (χ3n) is 4.69. The average molecular weight is 384 g/mol. The van der Waals surface area contributed by atoms with Gasteiger partial charge in [0.15, 0.2) is 0 Å². The number of nitrogens with one attached hydrogen (secondary N) is 1. The van der Waals surface area contributed by atoms with E-state index in [4.69, 9.17) is 25.8 Å². The Hall–Kier alpha value is -1.30. The van der Waals surface area contributed by atoms with Crippen molar-refractivity contribution < 1.29 is 19.0 Å². The fraction of sp³-hybridized carbons (Fsp3) is 0.650. The molecule has 2 atom stereocenters. The van der Waals surface area contributed by atoms with E-state index in [-0.39, 0.29) is 5.91 Å². The molecule has 0 heterocycles. The molecule has 146 valence electrons. The van der Waals surface area contributed by atoms with Crippen molar-refractivity contribution in [1.29, 1.82) is 0 Å². The van der Waals surface area contributed by atoms with Crippen LogP contribution in [0.15, 0.2) is 18.2 Å². The molecule has 0 aliphatic heterocycles. The molecule has 1 fully saturated rings. The number of benzene rings is 1. The van der Waals surface area contributed by atoms with Crippen LogP contribution in [0.2, 0.25) is 5.02 Å². The number of carbonyl (C=O) groups is 1. The number of amides is 1. The third-order valence-corrected chi connectivity index (χ3v) is 4.98. The van der Waals surface area contributed by atoms with Crippen LogP contribution in [0.5, 0.6) is 5.75 Å². The lowest BCUT2D eigenvalue weighted by molar-refractivity contribution is -0.148. The van der Waals surface area contributed by atoms with Gasteiger partial charge in [-0.3, -0.25) is 4.79 Å². The van der Waals surface area contributed by atoms with E-state index in [1.54, 1.807) is 25.3 Å². The van der Waals surface area contributed by atoms with Crippen molar-refractivity contribution in [1.82, 2.24) is 0 Å². The summed E-state index contributed by atoms with van der Waals surface area (Å²) in [6.07, 6.45) is 4.55. The molecule has 2 rings (SSSR count). The first kappa shape index (κ1) is 21.0. The second-order valence-corrected chi connectivity index (χ2v) is 7.39. The zero-order chi connectivity index (χ0) is 19.0. The highest BCUT2D eigenvalue weighted by atomic mass is 35.5. The SMILES string of the molecule is CCCO[C@]1(C(=O)Nc2ccc(OCCOC)c(Cl)c2)CCC[C@@H](C)C1. The van der Waals surface area contributed by atoms with Crippen LogP contribution < -0.4 is 10.1 Å². The van der Waals surface area contributed by atoms with Gasteiger partial charge in [0.2, 0.25) is 0 Å². The van der Waals surface area contributed by atoms with Crippen molar-refractivity contribution in [3.05, 3.63) is 23.2 Å². The molecule has 1 aromatic rings. The number of carbonyl (C=O) groups excluding carboxylic acids is 1. The van der Waals surface area contributed by atoms with Crippen molar-refractivity contribution in [3.63, 3.8) is 0 Å². The zero-order valence-corrected chi connectivity index (χ0v) is 16.7. The van der Waals surface area contributed by atoms with Crippen LogP contribution in [0.3, 0.4) is 0 Å². The number of hydrogen-bond donors (Lipinski definition) is 1. The number of ether oxygens (including phenoxy) is 3. The molecule has 0 aromatic heterocycles. The molecule has 1 N–H and O–H groups in total. The molecule has 0 radical (unpaired) electrons. The fourth-order valence-electron chi connectivity index (χ4n) is 3.38. The van der Waals surface area contributed by atoms with E-state index in [1.165, 1.54) is 0 Å². The van der Waals surface area contributed by atoms with Gasteiger partial charge in [0, 0.05) is 19.4 Å². The summed E-state index contributed by atoms with van der Waals surface area (Å²) < 4.78 is 16.6. The maximum absolute atomic E-state index is 13.0. The van der Waals surface area contributed by atoms with Gasteiger partial charge in [0.05, 0.1) is 11.6 Å². The molecule has 1 aliphatic carbocycles. The van der Waals surface area contributed by atoms with Crippen LogP contribution in [-0.4, -0.2) is 38.4 Å². The predicted octanol–water partition coefficient (Wildman–Crippen LogP) is 4.68. The van der Waals surface area contributed by atoms with Crippen LogP contribution in [0, 0.1) is 5.92 Å². The van der Waals surface area contributed by atoms with E-state index in [0.717, 1.165) is 32.1 Å². The molecular formula is C20H30ClNO4. The number of methoxy groups -OCH3 is 1. The Labute approximate surface area is 161 Å². The van der Waals surface area contributed by atoms with Crippen molar-refractivity contribution in [2.75, 3.05) is 32.2 Å². The van der Waals surface area contributed by atoms with Gasteiger partial charge in [-0.2, -0.15) is 0 Å². The van der Waals surface area contributed by atoms with Gasteiger partial charge in [0.25, 0.3) is 5.91 Å². The minimum absolute atomic E-state index is 0.0818. The largest absolute Gasteiger partial charge is 0.490 e. The van der Waals surface area contributed by atoms with Crippen LogP contribution in [-0.2, 0) is 14.3 Å². The van der Waals surface area contributed by atoms with Gasteiger partial charge in [-0.1, -0.05) is 31.9 Å². The molecule has 0 saturated heterocycles. The quantitative estimate of drug-likeness (QED) is 0.629. The lowest BCUT2D eigenvalue weighted by Gasteiger charge is -2.38.